The third-order valence-corrected chi connectivity index (χ3v) is 7.57. The zero-order valence-electron chi connectivity index (χ0n) is 23.0. The van der Waals surface area contributed by atoms with Gasteiger partial charge in [0.05, 0.1) is 11.9 Å². The van der Waals surface area contributed by atoms with Crippen molar-refractivity contribution in [1.29, 1.82) is 0 Å². The Labute approximate surface area is 230 Å². The minimum atomic E-state index is -3.84. The van der Waals surface area contributed by atoms with Gasteiger partial charge >= 0.3 is 0 Å². The molecule has 0 heterocycles. The minimum Gasteiger partial charge on any atom is -0.352 e. The molecule has 208 valence electrons. The predicted molar refractivity (Wildman–Crippen MR) is 152 cm³/mol. The van der Waals surface area contributed by atoms with Crippen molar-refractivity contribution in [3.8, 4) is 0 Å². The van der Waals surface area contributed by atoms with Crippen molar-refractivity contribution >= 4 is 27.5 Å². The van der Waals surface area contributed by atoms with Crippen LogP contribution in [0.25, 0.3) is 0 Å². The molecule has 0 radical (unpaired) electrons. The molecule has 0 aliphatic carbocycles. The van der Waals surface area contributed by atoms with E-state index in [4.69, 9.17) is 0 Å². The van der Waals surface area contributed by atoms with Gasteiger partial charge in [-0.25, -0.2) is 12.8 Å². The maximum absolute atomic E-state index is 14.0. The SMILES string of the molecule is Cc1ccc(N(CC(=O)N(Cc2ccc(F)cc2)[C@H](Cc2ccccc2)C(=O)NC(C)C)S(C)(=O)=O)cc1C. The molecule has 1 atom stereocenters. The fourth-order valence-corrected chi connectivity index (χ4v) is 5.06. The van der Waals surface area contributed by atoms with Crippen LogP contribution in [0.2, 0.25) is 0 Å². The molecule has 7 nitrogen and oxygen atoms in total. The van der Waals surface area contributed by atoms with Crippen LogP contribution in [0, 0.1) is 19.7 Å². The van der Waals surface area contributed by atoms with Crippen LogP contribution in [0.4, 0.5) is 10.1 Å². The molecule has 0 aromatic heterocycles. The van der Waals surface area contributed by atoms with E-state index >= 15 is 0 Å². The van der Waals surface area contributed by atoms with Gasteiger partial charge < -0.3 is 10.2 Å². The lowest BCUT2D eigenvalue weighted by atomic mass is 10.0. The predicted octanol–water partition coefficient (Wildman–Crippen LogP) is 4.37. The van der Waals surface area contributed by atoms with Gasteiger partial charge in [0, 0.05) is 19.0 Å². The third-order valence-electron chi connectivity index (χ3n) is 6.43. The lowest BCUT2D eigenvalue weighted by Crippen LogP contribution is -2.54. The lowest BCUT2D eigenvalue weighted by Gasteiger charge is -2.34. The molecule has 3 rings (SSSR count). The normalized spacial score (nSPS) is 12.2. The van der Waals surface area contributed by atoms with Gasteiger partial charge in [-0.3, -0.25) is 13.9 Å². The minimum absolute atomic E-state index is 0.00729. The van der Waals surface area contributed by atoms with E-state index in [-0.39, 0.29) is 24.9 Å². The maximum Gasteiger partial charge on any atom is 0.244 e. The molecule has 0 aliphatic rings. The molecule has 0 fully saturated rings. The number of benzene rings is 3. The van der Waals surface area contributed by atoms with Gasteiger partial charge in [0.25, 0.3) is 0 Å². The molecule has 3 aromatic rings. The van der Waals surface area contributed by atoms with Gasteiger partial charge in [-0.1, -0.05) is 48.5 Å². The summed E-state index contributed by atoms with van der Waals surface area (Å²) in [5, 5.41) is 2.90. The van der Waals surface area contributed by atoms with Crippen molar-refractivity contribution in [2.24, 2.45) is 0 Å². The number of amides is 2. The summed E-state index contributed by atoms with van der Waals surface area (Å²) in [6, 6.07) is 19.0. The van der Waals surface area contributed by atoms with Crippen LogP contribution >= 0.6 is 0 Å². The van der Waals surface area contributed by atoms with Crippen LogP contribution in [-0.4, -0.2) is 50.0 Å². The summed E-state index contributed by atoms with van der Waals surface area (Å²) in [7, 11) is -3.84. The van der Waals surface area contributed by atoms with Gasteiger partial charge in [0.15, 0.2) is 0 Å². The summed E-state index contributed by atoms with van der Waals surface area (Å²) in [6.07, 6.45) is 1.27. The van der Waals surface area contributed by atoms with Crippen molar-refractivity contribution in [3.63, 3.8) is 0 Å². The standard InChI is InChI=1S/C30H36FN3O4S/c1-21(2)32-30(36)28(18-24-9-7-6-8-10-24)33(19-25-12-14-26(31)15-13-25)29(35)20-34(39(5,37)38)27-16-11-22(3)23(4)17-27/h6-17,21,28H,18-20H2,1-5H3,(H,32,36)/t28-/m1/s1. The van der Waals surface area contributed by atoms with E-state index in [1.165, 1.54) is 17.0 Å². The Balaban J connectivity index is 2.06. The number of hydrogen-bond acceptors (Lipinski definition) is 4. The average molecular weight is 554 g/mol. The second-order valence-electron chi connectivity index (χ2n) is 10.1. The Kier molecular flexibility index (Phi) is 9.86. The highest BCUT2D eigenvalue weighted by molar-refractivity contribution is 7.92. The van der Waals surface area contributed by atoms with Gasteiger partial charge in [-0.15, -0.1) is 0 Å². The van der Waals surface area contributed by atoms with Crippen LogP contribution in [0.3, 0.4) is 0 Å². The molecule has 1 N–H and O–H groups in total. The first kappa shape index (κ1) is 29.8. The number of halogens is 1. The van der Waals surface area contributed by atoms with Gasteiger partial charge in [-0.2, -0.15) is 0 Å². The number of rotatable bonds is 11. The largest absolute Gasteiger partial charge is 0.352 e. The zero-order chi connectivity index (χ0) is 28.7. The monoisotopic (exact) mass is 553 g/mol. The molecule has 39 heavy (non-hydrogen) atoms. The molecule has 0 unspecified atom stereocenters. The van der Waals surface area contributed by atoms with Crippen molar-refractivity contribution in [3.05, 3.63) is 101 Å². The summed E-state index contributed by atoms with van der Waals surface area (Å²) in [5.74, 6) is -1.34. The van der Waals surface area contributed by atoms with Crippen LogP contribution in [0.15, 0.2) is 72.8 Å². The molecule has 9 heteroatoms. The van der Waals surface area contributed by atoms with Crippen molar-refractivity contribution in [2.45, 2.75) is 52.7 Å². The molecule has 2 amide bonds. The quantitative estimate of drug-likeness (QED) is 0.382. The number of anilines is 1. The highest BCUT2D eigenvalue weighted by atomic mass is 32.2. The first-order chi connectivity index (χ1) is 18.3. The maximum atomic E-state index is 14.0. The fraction of sp³-hybridized carbons (Fsp3) is 0.333. The fourth-order valence-electron chi connectivity index (χ4n) is 4.22. The highest BCUT2D eigenvalue weighted by Gasteiger charge is 2.33. The van der Waals surface area contributed by atoms with E-state index in [2.05, 4.69) is 5.32 Å². The van der Waals surface area contributed by atoms with E-state index in [0.717, 1.165) is 27.3 Å². The number of carbonyl (C=O) groups is 2. The Morgan fingerprint density at radius 1 is 0.897 bits per heavy atom. The van der Waals surface area contributed by atoms with E-state index in [0.29, 0.717) is 11.3 Å². The van der Waals surface area contributed by atoms with Gasteiger partial charge in [0.1, 0.15) is 18.4 Å². The van der Waals surface area contributed by atoms with Gasteiger partial charge in [-0.05, 0) is 74.2 Å². The third kappa shape index (κ3) is 8.38. The number of nitrogens with zero attached hydrogens (tertiary/aromatic N) is 2. The smallest absolute Gasteiger partial charge is 0.244 e. The van der Waals surface area contributed by atoms with E-state index in [9.17, 15) is 22.4 Å². The lowest BCUT2D eigenvalue weighted by molar-refractivity contribution is -0.140. The Bertz CT molecular complexity index is 1390. The number of nitrogens with one attached hydrogen (secondary N) is 1. The Hall–Kier alpha value is -3.72. The topological polar surface area (TPSA) is 86.8 Å². The first-order valence-electron chi connectivity index (χ1n) is 12.8. The van der Waals surface area contributed by atoms with E-state index in [1.807, 2.05) is 58.0 Å². The number of sulfonamides is 1. The summed E-state index contributed by atoms with van der Waals surface area (Å²) in [4.78, 5) is 28.9. The highest BCUT2D eigenvalue weighted by Crippen LogP contribution is 2.23. The Morgan fingerprint density at radius 3 is 2.10 bits per heavy atom. The summed E-state index contributed by atoms with van der Waals surface area (Å²) < 4.78 is 40.4. The molecule has 0 bridgehead atoms. The van der Waals surface area contributed by atoms with Crippen LogP contribution in [-0.2, 0) is 32.6 Å². The summed E-state index contributed by atoms with van der Waals surface area (Å²) in [6.45, 7) is 6.94. The number of aryl methyl sites for hydroxylation is 2. The molecule has 0 saturated carbocycles. The average Bonchev–Trinajstić information content (AvgIpc) is 2.87. The molecule has 0 saturated heterocycles. The second kappa shape index (κ2) is 12.9. The molecule has 3 aromatic carbocycles. The van der Waals surface area contributed by atoms with E-state index < -0.39 is 34.3 Å². The van der Waals surface area contributed by atoms with Crippen LogP contribution in [0.5, 0.6) is 0 Å². The number of hydrogen-bond donors (Lipinski definition) is 1. The molecule has 0 aliphatic heterocycles. The van der Waals surface area contributed by atoms with Crippen LogP contribution < -0.4 is 9.62 Å². The summed E-state index contributed by atoms with van der Waals surface area (Å²) >= 11 is 0. The molecular formula is C30H36FN3O4S. The van der Waals surface area contributed by atoms with Crippen molar-refractivity contribution in [1.82, 2.24) is 10.2 Å². The molecule has 0 spiro atoms. The van der Waals surface area contributed by atoms with Crippen LogP contribution in [0.1, 0.15) is 36.1 Å². The van der Waals surface area contributed by atoms with Gasteiger partial charge in [0.2, 0.25) is 21.8 Å². The number of carbonyl (C=O) groups excluding carboxylic acids is 2. The first-order valence-corrected chi connectivity index (χ1v) is 14.6. The van der Waals surface area contributed by atoms with E-state index in [1.54, 1.807) is 30.3 Å². The summed E-state index contributed by atoms with van der Waals surface area (Å²) in [5.41, 5.74) is 3.69. The zero-order valence-corrected chi connectivity index (χ0v) is 23.8. The Morgan fingerprint density at radius 2 is 1.54 bits per heavy atom. The van der Waals surface area contributed by atoms with Crippen molar-refractivity contribution < 1.29 is 22.4 Å². The molecular weight excluding hydrogens is 517 g/mol. The van der Waals surface area contributed by atoms with Crippen molar-refractivity contribution in [2.75, 3.05) is 17.1 Å². The second-order valence-corrected chi connectivity index (χ2v) is 12.0.